The fourth-order valence-corrected chi connectivity index (χ4v) is 3.63. The van der Waals surface area contributed by atoms with E-state index < -0.39 is 23.6 Å². The molecule has 0 aliphatic carbocycles. The molecule has 0 saturated carbocycles. The third-order valence-electron chi connectivity index (χ3n) is 5.30. The molecule has 0 atom stereocenters. The van der Waals surface area contributed by atoms with Crippen LogP contribution in [-0.4, -0.2) is 18.5 Å². The van der Waals surface area contributed by atoms with Gasteiger partial charge < -0.3 is 10.1 Å². The molecule has 0 bridgehead atoms. The van der Waals surface area contributed by atoms with Gasteiger partial charge in [0.05, 0.1) is 17.7 Å². The van der Waals surface area contributed by atoms with Gasteiger partial charge in [0.2, 0.25) is 0 Å². The topological polar surface area (TPSA) is 55.4 Å². The van der Waals surface area contributed by atoms with Gasteiger partial charge in [-0.3, -0.25) is 4.79 Å². The van der Waals surface area contributed by atoms with Crippen LogP contribution in [0, 0.1) is 0 Å². The molecule has 4 aromatic carbocycles. The highest BCUT2D eigenvalue weighted by molar-refractivity contribution is 6.09. The third kappa shape index (κ3) is 4.93. The number of amides is 1. The number of halogens is 3. The molecule has 4 rings (SSSR count). The van der Waals surface area contributed by atoms with Gasteiger partial charge in [0, 0.05) is 11.3 Å². The van der Waals surface area contributed by atoms with Crippen molar-refractivity contribution in [3.8, 4) is 11.1 Å². The van der Waals surface area contributed by atoms with Crippen molar-refractivity contribution in [3.63, 3.8) is 0 Å². The number of carbonyl (C=O) groups is 2. The number of nitrogens with one attached hydrogen (secondary N) is 1. The van der Waals surface area contributed by atoms with Crippen LogP contribution in [0.5, 0.6) is 0 Å². The van der Waals surface area contributed by atoms with Gasteiger partial charge in [-0.05, 0) is 71.3 Å². The number of anilines is 1. The Labute approximate surface area is 194 Å². The smallest absolute Gasteiger partial charge is 0.416 e. The molecule has 172 valence electrons. The molecular formula is C27H20F3NO3. The van der Waals surface area contributed by atoms with Crippen LogP contribution >= 0.6 is 0 Å². The highest BCUT2D eigenvalue weighted by Gasteiger charge is 2.30. The Morgan fingerprint density at radius 1 is 0.853 bits per heavy atom. The number of alkyl halides is 3. The molecule has 7 heteroatoms. The summed E-state index contributed by atoms with van der Waals surface area (Å²) in [5.74, 6) is -0.792. The van der Waals surface area contributed by atoms with E-state index in [0.29, 0.717) is 27.9 Å². The van der Waals surface area contributed by atoms with Crippen LogP contribution in [0.15, 0.2) is 84.9 Å². The van der Waals surface area contributed by atoms with Gasteiger partial charge in [0.15, 0.2) is 0 Å². The van der Waals surface area contributed by atoms with E-state index in [-0.39, 0.29) is 6.61 Å². The zero-order valence-corrected chi connectivity index (χ0v) is 18.1. The van der Waals surface area contributed by atoms with E-state index in [1.54, 1.807) is 67.6 Å². The number of hydrogen-bond acceptors (Lipinski definition) is 3. The van der Waals surface area contributed by atoms with Gasteiger partial charge in [-0.2, -0.15) is 13.2 Å². The zero-order valence-electron chi connectivity index (χ0n) is 18.1. The minimum absolute atomic E-state index is 0.287. The molecule has 34 heavy (non-hydrogen) atoms. The van der Waals surface area contributed by atoms with Crippen LogP contribution in [-0.2, 0) is 10.9 Å². The second-order valence-corrected chi connectivity index (χ2v) is 7.57. The predicted molar refractivity (Wildman–Crippen MR) is 125 cm³/mol. The first-order chi connectivity index (χ1) is 16.3. The van der Waals surface area contributed by atoms with E-state index in [0.717, 1.165) is 22.9 Å². The van der Waals surface area contributed by atoms with E-state index in [1.165, 1.54) is 12.1 Å². The summed E-state index contributed by atoms with van der Waals surface area (Å²) in [6.07, 6.45) is -4.43. The molecule has 4 aromatic rings. The maximum absolute atomic E-state index is 13.0. The van der Waals surface area contributed by atoms with Gasteiger partial charge >= 0.3 is 12.1 Å². The second kappa shape index (κ2) is 9.39. The highest BCUT2D eigenvalue weighted by atomic mass is 19.4. The lowest BCUT2D eigenvalue weighted by atomic mass is 9.98. The summed E-state index contributed by atoms with van der Waals surface area (Å²) in [5.41, 5.74) is 1.60. The number of carbonyl (C=O) groups excluding carboxylic acids is 2. The summed E-state index contributed by atoms with van der Waals surface area (Å²) in [6.45, 7) is 2.03. The first-order valence-corrected chi connectivity index (χ1v) is 10.5. The van der Waals surface area contributed by atoms with E-state index in [4.69, 9.17) is 4.74 Å². The fourth-order valence-electron chi connectivity index (χ4n) is 3.63. The molecule has 0 radical (unpaired) electrons. The van der Waals surface area contributed by atoms with Crippen LogP contribution < -0.4 is 5.32 Å². The van der Waals surface area contributed by atoms with Crippen LogP contribution in [0.4, 0.5) is 18.9 Å². The Hall–Kier alpha value is -4.13. The minimum atomic E-state index is -4.43. The Kier molecular flexibility index (Phi) is 6.36. The van der Waals surface area contributed by atoms with Gasteiger partial charge in [0.25, 0.3) is 5.91 Å². The molecule has 0 saturated heterocycles. The third-order valence-corrected chi connectivity index (χ3v) is 5.30. The van der Waals surface area contributed by atoms with Gasteiger partial charge in [0.1, 0.15) is 0 Å². The monoisotopic (exact) mass is 463 g/mol. The van der Waals surface area contributed by atoms with Crippen molar-refractivity contribution >= 4 is 28.3 Å². The number of fused-ring (bicyclic) bond motifs is 1. The normalized spacial score (nSPS) is 11.3. The Morgan fingerprint density at radius 3 is 2.24 bits per heavy atom. The summed E-state index contributed by atoms with van der Waals surface area (Å²) < 4.78 is 43.7. The predicted octanol–water partition coefficient (Wildman–Crippen LogP) is 6.95. The van der Waals surface area contributed by atoms with E-state index in [1.807, 2.05) is 0 Å². The van der Waals surface area contributed by atoms with Gasteiger partial charge in [-0.25, -0.2) is 4.79 Å². The van der Waals surface area contributed by atoms with Crippen molar-refractivity contribution < 1.29 is 27.5 Å². The van der Waals surface area contributed by atoms with Crippen molar-refractivity contribution in [2.24, 2.45) is 0 Å². The summed E-state index contributed by atoms with van der Waals surface area (Å²) in [6, 6.07) is 21.9. The van der Waals surface area contributed by atoms with Crippen LogP contribution in [0.2, 0.25) is 0 Å². The Balaban J connectivity index is 1.58. The van der Waals surface area contributed by atoms with Crippen LogP contribution in [0.1, 0.15) is 33.2 Å². The van der Waals surface area contributed by atoms with Crippen LogP contribution in [0.25, 0.3) is 21.9 Å². The van der Waals surface area contributed by atoms with Gasteiger partial charge in [-0.15, -0.1) is 0 Å². The molecule has 0 heterocycles. The summed E-state index contributed by atoms with van der Waals surface area (Å²) in [4.78, 5) is 25.0. The zero-order chi connectivity index (χ0) is 24.3. The van der Waals surface area contributed by atoms with Gasteiger partial charge in [-0.1, -0.05) is 42.5 Å². The average Bonchev–Trinajstić information content (AvgIpc) is 2.83. The quantitative estimate of drug-likeness (QED) is 0.326. The minimum Gasteiger partial charge on any atom is -0.462 e. The molecule has 0 fully saturated rings. The molecule has 0 aliphatic rings. The number of rotatable bonds is 5. The second-order valence-electron chi connectivity index (χ2n) is 7.57. The summed E-state index contributed by atoms with van der Waals surface area (Å²) >= 11 is 0. The first kappa shape index (κ1) is 23.0. The molecule has 1 N–H and O–H groups in total. The lowest BCUT2D eigenvalue weighted by molar-refractivity contribution is -0.137. The number of ether oxygens (including phenoxy) is 1. The standard InChI is InChI=1S/C27H20F3NO3/c1-2-34-26(33)20-8-7-19-16-22(14-11-18(19)15-20)31-25(32)24-6-4-3-5-23(24)17-9-12-21(13-10-17)27(28,29)30/h3-16H,2H2,1H3,(H,31,32). The van der Waals surface area contributed by atoms with Crippen molar-refractivity contribution in [1.82, 2.24) is 0 Å². The Morgan fingerprint density at radius 2 is 1.53 bits per heavy atom. The molecule has 0 aromatic heterocycles. The van der Waals surface area contributed by atoms with Crippen molar-refractivity contribution in [2.45, 2.75) is 13.1 Å². The fraction of sp³-hybridized carbons (Fsp3) is 0.111. The molecule has 1 amide bonds. The average molecular weight is 463 g/mol. The largest absolute Gasteiger partial charge is 0.462 e. The van der Waals surface area contributed by atoms with Crippen LogP contribution in [0.3, 0.4) is 0 Å². The van der Waals surface area contributed by atoms with E-state index >= 15 is 0 Å². The Bertz CT molecular complexity index is 1360. The summed E-state index contributed by atoms with van der Waals surface area (Å²) in [5, 5.41) is 4.48. The number of esters is 1. The molecule has 4 nitrogen and oxygen atoms in total. The lowest BCUT2D eigenvalue weighted by Gasteiger charge is -2.12. The maximum Gasteiger partial charge on any atom is 0.416 e. The lowest BCUT2D eigenvalue weighted by Crippen LogP contribution is -2.13. The first-order valence-electron chi connectivity index (χ1n) is 10.5. The van der Waals surface area contributed by atoms with Crippen molar-refractivity contribution in [1.29, 1.82) is 0 Å². The molecular weight excluding hydrogens is 443 g/mol. The highest BCUT2D eigenvalue weighted by Crippen LogP contribution is 2.32. The summed E-state index contributed by atoms with van der Waals surface area (Å²) in [7, 11) is 0. The molecule has 0 spiro atoms. The number of benzene rings is 4. The van der Waals surface area contributed by atoms with Crippen molar-refractivity contribution in [3.05, 3.63) is 102 Å². The van der Waals surface area contributed by atoms with E-state index in [2.05, 4.69) is 5.32 Å². The number of hydrogen-bond donors (Lipinski definition) is 1. The maximum atomic E-state index is 13.0. The molecule has 0 aliphatic heterocycles. The molecule has 0 unspecified atom stereocenters. The van der Waals surface area contributed by atoms with E-state index in [9.17, 15) is 22.8 Å². The van der Waals surface area contributed by atoms with Crippen molar-refractivity contribution in [2.75, 3.05) is 11.9 Å². The SMILES string of the molecule is CCOC(=O)c1ccc2cc(NC(=O)c3ccccc3-c3ccc(C(F)(F)F)cc3)ccc2c1.